The van der Waals surface area contributed by atoms with Gasteiger partial charge in [0.1, 0.15) is 11.6 Å². The van der Waals surface area contributed by atoms with Crippen LogP contribution in [0.15, 0.2) is 18.2 Å². The molecule has 0 bridgehead atoms. The molecule has 1 heterocycles. The van der Waals surface area contributed by atoms with Gasteiger partial charge in [0.25, 0.3) is 0 Å². The summed E-state index contributed by atoms with van der Waals surface area (Å²) in [5.74, 6) is 1.63. The van der Waals surface area contributed by atoms with E-state index in [9.17, 15) is 4.39 Å². The van der Waals surface area contributed by atoms with Crippen molar-refractivity contribution in [1.82, 2.24) is 9.97 Å². The molecule has 0 saturated carbocycles. The summed E-state index contributed by atoms with van der Waals surface area (Å²) < 4.78 is 13.3. The van der Waals surface area contributed by atoms with Gasteiger partial charge in [-0.3, -0.25) is 0 Å². The lowest BCUT2D eigenvalue weighted by molar-refractivity contribution is 0.627. The molecule has 0 fully saturated rings. The highest BCUT2D eigenvalue weighted by atomic mass is 19.1. The fraction of sp³-hybridized carbons (Fsp3) is 0.412. The van der Waals surface area contributed by atoms with E-state index in [0.717, 1.165) is 34.7 Å². The molecular formula is C17H22FN3. The molecule has 1 aromatic heterocycles. The molecule has 0 aliphatic carbocycles. The second-order valence-corrected chi connectivity index (χ2v) is 5.54. The maximum Gasteiger partial charge on any atom is 0.162 e. The van der Waals surface area contributed by atoms with E-state index < -0.39 is 0 Å². The van der Waals surface area contributed by atoms with Crippen LogP contribution in [0.1, 0.15) is 43.5 Å². The number of nitrogens with zero attached hydrogens (tertiary/aromatic N) is 2. The van der Waals surface area contributed by atoms with Crippen LogP contribution in [0.2, 0.25) is 0 Å². The van der Waals surface area contributed by atoms with Crippen molar-refractivity contribution in [3.8, 4) is 11.4 Å². The molecule has 0 radical (unpaired) electrons. The number of aryl methyl sites for hydroxylation is 2. The number of nitrogens with one attached hydrogen (secondary N) is 1. The van der Waals surface area contributed by atoms with Crippen LogP contribution >= 0.6 is 0 Å². The average Bonchev–Trinajstić information content (AvgIpc) is 2.37. The minimum Gasteiger partial charge on any atom is -0.370 e. The molecular weight excluding hydrogens is 265 g/mol. The number of hydrogen-bond donors (Lipinski definition) is 1. The third-order valence-corrected chi connectivity index (χ3v) is 3.49. The Morgan fingerprint density at radius 3 is 2.48 bits per heavy atom. The van der Waals surface area contributed by atoms with E-state index in [1.807, 2.05) is 20.8 Å². The number of aromatic nitrogens is 2. The predicted molar refractivity (Wildman–Crippen MR) is 85.2 cm³/mol. The highest BCUT2D eigenvalue weighted by molar-refractivity contribution is 5.63. The Kier molecular flexibility index (Phi) is 4.56. The number of benzene rings is 1. The van der Waals surface area contributed by atoms with Crippen LogP contribution in [0.25, 0.3) is 11.4 Å². The first kappa shape index (κ1) is 15.4. The van der Waals surface area contributed by atoms with Crippen molar-refractivity contribution in [2.75, 3.05) is 11.9 Å². The Hall–Kier alpha value is -1.97. The second kappa shape index (κ2) is 6.20. The maximum atomic E-state index is 13.3. The van der Waals surface area contributed by atoms with Crippen LogP contribution in [-0.2, 0) is 0 Å². The Labute approximate surface area is 125 Å². The molecule has 4 heteroatoms. The topological polar surface area (TPSA) is 37.8 Å². The second-order valence-electron chi connectivity index (χ2n) is 5.54. The van der Waals surface area contributed by atoms with Crippen molar-refractivity contribution < 1.29 is 4.39 Å². The van der Waals surface area contributed by atoms with Crippen molar-refractivity contribution in [1.29, 1.82) is 0 Å². The molecule has 112 valence electrons. The first-order valence-electron chi connectivity index (χ1n) is 7.33. The van der Waals surface area contributed by atoms with Gasteiger partial charge in [-0.2, -0.15) is 0 Å². The molecule has 0 aliphatic rings. The third-order valence-electron chi connectivity index (χ3n) is 3.49. The van der Waals surface area contributed by atoms with Crippen LogP contribution in [0.5, 0.6) is 0 Å². The Morgan fingerprint density at radius 2 is 1.90 bits per heavy atom. The molecule has 1 N–H and O–H groups in total. The molecule has 0 amide bonds. The first-order valence-corrected chi connectivity index (χ1v) is 7.33. The summed E-state index contributed by atoms with van der Waals surface area (Å²) in [7, 11) is 0. The predicted octanol–water partition coefficient (Wildman–Crippen LogP) is 4.45. The molecule has 2 rings (SSSR count). The van der Waals surface area contributed by atoms with Crippen molar-refractivity contribution >= 4 is 5.82 Å². The van der Waals surface area contributed by atoms with Gasteiger partial charge in [0.15, 0.2) is 5.82 Å². The summed E-state index contributed by atoms with van der Waals surface area (Å²) in [6, 6.07) is 4.70. The van der Waals surface area contributed by atoms with Crippen molar-refractivity contribution in [2.45, 2.75) is 40.5 Å². The number of anilines is 1. The van der Waals surface area contributed by atoms with Crippen molar-refractivity contribution in [3.63, 3.8) is 0 Å². The van der Waals surface area contributed by atoms with Crippen molar-refractivity contribution in [2.24, 2.45) is 0 Å². The van der Waals surface area contributed by atoms with E-state index in [4.69, 9.17) is 0 Å². The van der Waals surface area contributed by atoms with Gasteiger partial charge in [-0.1, -0.05) is 13.8 Å². The summed E-state index contributed by atoms with van der Waals surface area (Å²) in [4.78, 5) is 9.29. The zero-order chi connectivity index (χ0) is 15.6. The quantitative estimate of drug-likeness (QED) is 0.902. The number of hydrogen-bond acceptors (Lipinski definition) is 3. The summed E-state index contributed by atoms with van der Waals surface area (Å²) in [5.41, 5.74) is 3.82. The largest absolute Gasteiger partial charge is 0.370 e. The minimum atomic E-state index is -0.237. The van der Waals surface area contributed by atoms with Crippen LogP contribution in [0, 0.1) is 19.7 Å². The van der Waals surface area contributed by atoms with Gasteiger partial charge in [-0.25, -0.2) is 14.4 Å². The lowest BCUT2D eigenvalue weighted by Gasteiger charge is -2.17. The SMILES string of the molecule is CCNc1nc(-c2ccc(F)cc2C)nc(C)c1C(C)C. The van der Waals surface area contributed by atoms with Gasteiger partial charge in [0.2, 0.25) is 0 Å². The lowest BCUT2D eigenvalue weighted by Crippen LogP contribution is -2.09. The molecule has 1 aromatic carbocycles. The fourth-order valence-electron chi connectivity index (χ4n) is 2.57. The zero-order valence-corrected chi connectivity index (χ0v) is 13.3. The highest BCUT2D eigenvalue weighted by Crippen LogP contribution is 2.29. The Bertz CT molecular complexity index is 651. The van der Waals surface area contributed by atoms with Crippen LogP contribution in [0.3, 0.4) is 0 Å². The van der Waals surface area contributed by atoms with E-state index in [2.05, 4.69) is 29.1 Å². The zero-order valence-electron chi connectivity index (χ0n) is 13.3. The summed E-state index contributed by atoms with van der Waals surface area (Å²) in [6.07, 6.45) is 0. The van der Waals surface area contributed by atoms with Gasteiger partial charge in [0.05, 0.1) is 0 Å². The standard InChI is InChI=1S/C17H22FN3/c1-6-19-17-15(10(2)3)12(5)20-16(21-17)14-8-7-13(18)9-11(14)4/h7-10H,6H2,1-5H3,(H,19,20,21). The highest BCUT2D eigenvalue weighted by Gasteiger charge is 2.16. The molecule has 0 atom stereocenters. The third kappa shape index (κ3) is 3.20. The summed E-state index contributed by atoms with van der Waals surface area (Å²) in [6.45, 7) is 11.0. The molecule has 0 spiro atoms. The molecule has 0 aliphatic heterocycles. The fourth-order valence-corrected chi connectivity index (χ4v) is 2.57. The van der Waals surface area contributed by atoms with Gasteiger partial charge in [0, 0.05) is 23.4 Å². The number of halogens is 1. The van der Waals surface area contributed by atoms with Crippen LogP contribution in [-0.4, -0.2) is 16.5 Å². The van der Waals surface area contributed by atoms with Gasteiger partial charge >= 0.3 is 0 Å². The monoisotopic (exact) mass is 287 g/mol. The molecule has 2 aromatic rings. The van der Waals surface area contributed by atoms with E-state index in [-0.39, 0.29) is 5.82 Å². The van der Waals surface area contributed by atoms with E-state index >= 15 is 0 Å². The molecule has 3 nitrogen and oxygen atoms in total. The van der Waals surface area contributed by atoms with E-state index in [0.29, 0.717) is 11.7 Å². The normalized spacial score (nSPS) is 11.0. The number of rotatable bonds is 4. The van der Waals surface area contributed by atoms with Crippen molar-refractivity contribution in [3.05, 3.63) is 40.8 Å². The first-order chi connectivity index (χ1) is 9.93. The minimum absolute atomic E-state index is 0.237. The summed E-state index contributed by atoms with van der Waals surface area (Å²) >= 11 is 0. The lowest BCUT2D eigenvalue weighted by atomic mass is 10.0. The average molecular weight is 287 g/mol. The Morgan fingerprint density at radius 1 is 1.19 bits per heavy atom. The molecule has 0 saturated heterocycles. The van der Waals surface area contributed by atoms with E-state index in [1.165, 1.54) is 12.1 Å². The molecule has 0 unspecified atom stereocenters. The smallest absolute Gasteiger partial charge is 0.162 e. The molecule has 21 heavy (non-hydrogen) atoms. The van der Waals surface area contributed by atoms with Gasteiger partial charge in [-0.05, 0) is 50.5 Å². The van der Waals surface area contributed by atoms with E-state index in [1.54, 1.807) is 6.07 Å². The van der Waals surface area contributed by atoms with Gasteiger partial charge in [-0.15, -0.1) is 0 Å². The van der Waals surface area contributed by atoms with Crippen LogP contribution in [0.4, 0.5) is 10.2 Å². The maximum absolute atomic E-state index is 13.3. The summed E-state index contributed by atoms with van der Waals surface area (Å²) in [5, 5.41) is 3.31. The Balaban J connectivity index is 2.60. The van der Waals surface area contributed by atoms with Gasteiger partial charge < -0.3 is 5.32 Å². The van der Waals surface area contributed by atoms with Crippen LogP contribution < -0.4 is 5.32 Å².